The standard InChI is InChI=1S/C20H20ClFN4O6S/c1-31-20(30)24-14(10-23-18(28)15-6-7-16(21)33-15)19(29)26(22)13-4-2-12(3-5-13)25-8-9-32-11-17(25)27/h2-7,14H,8-11H2,1H3,(H,23,28)(H,24,30)/t14-/m1/s1. The normalized spacial score (nSPS) is 14.4. The zero-order valence-electron chi connectivity index (χ0n) is 17.4. The summed E-state index contributed by atoms with van der Waals surface area (Å²) < 4.78 is 24.9. The monoisotopic (exact) mass is 498 g/mol. The summed E-state index contributed by atoms with van der Waals surface area (Å²) in [5, 5.41) is 4.51. The van der Waals surface area contributed by atoms with Crippen molar-refractivity contribution in [2.75, 3.05) is 43.4 Å². The average molecular weight is 499 g/mol. The molecule has 1 aliphatic heterocycles. The Hall–Kier alpha value is -3.22. The number of hydrogen-bond acceptors (Lipinski definition) is 7. The van der Waals surface area contributed by atoms with E-state index in [2.05, 4.69) is 15.4 Å². The van der Waals surface area contributed by atoms with E-state index < -0.39 is 30.5 Å². The predicted octanol–water partition coefficient (Wildman–Crippen LogP) is 2.14. The van der Waals surface area contributed by atoms with E-state index in [0.29, 0.717) is 23.2 Å². The molecule has 1 aromatic heterocycles. The summed E-state index contributed by atoms with van der Waals surface area (Å²) in [6, 6.07) is 7.19. The van der Waals surface area contributed by atoms with Gasteiger partial charge in [0, 0.05) is 18.8 Å². The highest BCUT2D eigenvalue weighted by Gasteiger charge is 2.29. The SMILES string of the molecule is COC(=O)N[C@H](CNC(=O)c1ccc(Cl)s1)C(=O)N(F)c1ccc(N2CCOCC2=O)cc1. The maximum absolute atomic E-state index is 14.9. The lowest BCUT2D eigenvalue weighted by molar-refractivity contribution is -0.125. The molecule has 0 bridgehead atoms. The van der Waals surface area contributed by atoms with Crippen LogP contribution in [0.4, 0.5) is 20.7 Å². The molecule has 0 unspecified atom stereocenters. The van der Waals surface area contributed by atoms with Crippen LogP contribution in [-0.2, 0) is 19.1 Å². The number of benzene rings is 1. The van der Waals surface area contributed by atoms with Crippen molar-refractivity contribution in [1.29, 1.82) is 0 Å². The van der Waals surface area contributed by atoms with Crippen molar-refractivity contribution in [3.8, 4) is 0 Å². The van der Waals surface area contributed by atoms with E-state index in [4.69, 9.17) is 16.3 Å². The Morgan fingerprint density at radius 3 is 2.61 bits per heavy atom. The van der Waals surface area contributed by atoms with Gasteiger partial charge in [0.15, 0.2) is 0 Å². The molecule has 1 aliphatic rings. The van der Waals surface area contributed by atoms with Crippen LogP contribution in [0.15, 0.2) is 36.4 Å². The van der Waals surface area contributed by atoms with E-state index in [1.165, 1.54) is 41.3 Å². The number of carbonyl (C=O) groups excluding carboxylic acids is 4. The summed E-state index contributed by atoms with van der Waals surface area (Å²) >= 11 is 6.84. The molecule has 0 radical (unpaired) electrons. The van der Waals surface area contributed by atoms with Gasteiger partial charge in [-0.15, -0.1) is 16.5 Å². The number of carbonyl (C=O) groups is 4. The molecule has 0 saturated carbocycles. The van der Waals surface area contributed by atoms with Gasteiger partial charge < -0.3 is 25.0 Å². The number of amides is 4. The fourth-order valence-electron chi connectivity index (χ4n) is 2.94. The number of halogens is 2. The fraction of sp³-hybridized carbons (Fsp3) is 0.300. The van der Waals surface area contributed by atoms with Crippen LogP contribution in [-0.4, -0.2) is 63.3 Å². The fourth-order valence-corrected chi connectivity index (χ4v) is 3.90. The van der Waals surface area contributed by atoms with Crippen LogP contribution in [0, 0.1) is 0 Å². The van der Waals surface area contributed by atoms with Crippen LogP contribution in [0.5, 0.6) is 0 Å². The number of thiophene rings is 1. The number of nitrogens with zero attached hydrogens (tertiary/aromatic N) is 2. The Balaban J connectivity index is 1.69. The maximum Gasteiger partial charge on any atom is 0.407 e. The van der Waals surface area contributed by atoms with Gasteiger partial charge in [0.05, 0.1) is 28.6 Å². The Morgan fingerprint density at radius 1 is 1.27 bits per heavy atom. The highest BCUT2D eigenvalue weighted by Crippen LogP contribution is 2.23. The van der Waals surface area contributed by atoms with E-state index in [0.717, 1.165) is 18.4 Å². The number of nitrogens with one attached hydrogen (secondary N) is 2. The molecular formula is C20H20ClFN4O6S. The molecule has 33 heavy (non-hydrogen) atoms. The third kappa shape index (κ3) is 6.18. The highest BCUT2D eigenvalue weighted by molar-refractivity contribution is 7.18. The Morgan fingerprint density at radius 2 is 2.00 bits per heavy atom. The number of hydrogen-bond donors (Lipinski definition) is 2. The number of morpholine rings is 1. The molecule has 0 aliphatic carbocycles. The second kappa shape index (κ2) is 11.1. The van der Waals surface area contributed by atoms with Gasteiger partial charge in [-0.25, -0.2) is 4.79 Å². The van der Waals surface area contributed by atoms with Crippen LogP contribution >= 0.6 is 22.9 Å². The lowest BCUT2D eigenvalue weighted by Gasteiger charge is -2.27. The molecule has 4 amide bonds. The molecule has 10 nitrogen and oxygen atoms in total. The first kappa shape index (κ1) is 24.4. The first-order chi connectivity index (χ1) is 15.8. The third-order valence-corrected chi connectivity index (χ3v) is 5.84. The summed E-state index contributed by atoms with van der Waals surface area (Å²) in [7, 11) is 1.09. The molecule has 13 heteroatoms. The summed E-state index contributed by atoms with van der Waals surface area (Å²) in [5.74, 6) is -1.91. The summed E-state index contributed by atoms with van der Waals surface area (Å²) in [5.41, 5.74) is 0.400. The Labute approximate surface area is 197 Å². The van der Waals surface area contributed by atoms with E-state index in [1.807, 2.05) is 0 Å². The first-order valence-corrected chi connectivity index (χ1v) is 10.9. The van der Waals surface area contributed by atoms with Crippen LogP contribution in [0.25, 0.3) is 0 Å². The molecular weight excluding hydrogens is 479 g/mol. The number of anilines is 2. The van der Waals surface area contributed by atoms with Crippen LogP contribution in [0.2, 0.25) is 4.34 Å². The molecule has 0 spiro atoms. The van der Waals surface area contributed by atoms with E-state index in [1.54, 1.807) is 0 Å². The van der Waals surface area contributed by atoms with Crippen molar-refractivity contribution in [2.24, 2.45) is 0 Å². The minimum atomic E-state index is -1.46. The van der Waals surface area contributed by atoms with Crippen molar-refractivity contribution in [1.82, 2.24) is 10.6 Å². The van der Waals surface area contributed by atoms with Gasteiger partial charge in [0.2, 0.25) is 0 Å². The lowest BCUT2D eigenvalue weighted by Crippen LogP contribution is -2.52. The predicted molar refractivity (Wildman–Crippen MR) is 119 cm³/mol. The van der Waals surface area contributed by atoms with Crippen molar-refractivity contribution in [3.05, 3.63) is 45.6 Å². The average Bonchev–Trinajstić information content (AvgIpc) is 3.27. The van der Waals surface area contributed by atoms with E-state index >= 15 is 0 Å². The zero-order valence-corrected chi connectivity index (χ0v) is 19.0. The van der Waals surface area contributed by atoms with Crippen molar-refractivity contribution in [2.45, 2.75) is 6.04 Å². The second-order valence-electron chi connectivity index (χ2n) is 6.74. The molecule has 1 fully saturated rings. The van der Waals surface area contributed by atoms with Gasteiger partial charge in [0.1, 0.15) is 12.6 Å². The zero-order chi connectivity index (χ0) is 24.0. The highest BCUT2D eigenvalue weighted by atomic mass is 35.5. The Kier molecular flexibility index (Phi) is 8.20. The molecule has 1 atom stereocenters. The minimum absolute atomic E-state index is 0.0419. The first-order valence-electron chi connectivity index (χ1n) is 9.66. The van der Waals surface area contributed by atoms with Gasteiger partial charge in [-0.2, -0.15) is 0 Å². The van der Waals surface area contributed by atoms with Gasteiger partial charge >= 0.3 is 6.09 Å². The molecule has 2 aromatic rings. The Bertz CT molecular complexity index is 1030. The van der Waals surface area contributed by atoms with Gasteiger partial charge in [-0.1, -0.05) is 16.1 Å². The van der Waals surface area contributed by atoms with E-state index in [-0.39, 0.29) is 28.2 Å². The van der Waals surface area contributed by atoms with Crippen LogP contribution in [0.3, 0.4) is 0 Å². The third-order valence-electron chi connectivity index (χ3n) is 4.61. The van der Waals surface area contributed by atoms with Crippen LogP contribution < -0.4 is 20.7 Å². The maximum atomic E-state index is 14.9. The molecule has 2 heterocycles. The topological polar surface area (TPSA) is 117 Å². The molecule has 1 aromatic carbocycles. The largest absolute Gasteiger partial charge is 0.453 e. The summed E-state index contributed by atoms with van der Waals surface area (Å²) in [6.07, 6.45) is -0.976. The molecule has 3 rings (SSSR count). The van der Waals surface area contributed by atoms with Crippen molar-refractivity contribution >= 4 is 58.1 Å². The number of alkyl carbamates (subject to hydrolysis) is 1. The summed E-state index contributed by atoms with van der Waals surface area (Å²) in [4.78, 5) is 50.3. The van der Waals surface area contributed by atoms with Crippen LogP contribution in [0.1, 0.15) is 9.67 Å². The van der Waals surface area contributed by atoms with Gasteiger partial charge in [0.25, 0.3) is 17.7 Å². The number of ether oxygens (including phenoxy) is 2. The van der Waals surface area contributed by atoms with Gasteiger partial charge in [-0.05, 0) is 36.4 Å². The summed E-state index contributed by atoms with van der Waals surface area (Å²) in [6.45, 7) is 0.297. The van der Waals surface area contributed by atoms with Crippen molar-refractivity contribution in [3.63, 3.8) is 0 Å². The number of rotatable bonds is 7. The lowest BCUT2D eigenvalue weighted by atomic mass is 10.2. The molecule has 2 N–H and O–H groups in total. The smallest absolute Gasteiger partial charge is 0.407 e. The quantitative estimate of drug-likeness (QED) is 0.565. The van der Waals surface area contributed by atoms with Gasteiger partial charge in [-0.3, -0.25) is 14.4 Å². The molecule has 176 valence electrons. The van der Waals surface area contributed by atoms with Crippen molar-refractivity contribution < 1.29 is 33.1 Å². The number of methoxy groups -OCH3 is 1. The minimum Gasteiger partial charge on any atom is -0.453 e. The van der Waals surface area contributed by atoms with E-state index in [9.17, 15) is 23.7 Å². The molecule has 1 saturated heterocycles. The second-order valence-corrected chi connectivity index (χ2v) is 8.45.